The molecule has 0 spiro atoms. The molecule has 1 aliphatic rings. The van der Waals surface area contributed by atoms with Crippen molar-refractivity contribution in [3.05, 3.63) is 64.2 Å². The maximum absolute atomic E-state index is 13.3. The van der Waals surface area contributed by atoms with Gasteiger partial charge in [-0.1, -0.05) is 29.8 Å². The summed E-state index contributed by atoms with van der Waals surface area (Å²) in [4.78, 5) is 29.5. The summed E-state index contributed by atoms with van der Waals surface area (Å²) in [6, 6.07) is 9.42. The summed E-state index contributed by atoms with van der Waals surface area (Å²) in [5, 5.41) is 0.276. The molecule has 0 fully saturated rings. The molecule has 3 rings (SSSR count). The van der Waals surface area contributed by atoms with Gasteiger partial charge in [-0.05, 0) is 24.3 Å². The number of benzene rings is 2. The van der Waals surface area contributed by atoms with E-state index in [9.17, 15) is 22.8 Å². The predicted octanol–water partition coefficient (Wildman–Crippen LogP) is 3.72. The van der Waals surface area contributed by atoms with Crippen molar-refractivity contribution in [1.29, 1.82) is 0 Å². The van der Waals surface area contributed by atoms with E-state index in [1.54, 1.807) is 24.3 Å². The summed E-state index contributed by atoms with van der Waals surface area (Å²) in [6.45, 7) is -0.799. The molecule has 2 aromatic carbocycles. The number of rotatable bonds is 3. The van der Waals surface area contributed by atoms with Gasteiger partial charge in [-0.3, -0.25) is 19.5 Å². The Morgan fingerprint density at radius 2 is 1.93 bits per heavy atom. The molecule has 1 heterocycles. The SMILES string of the molecule is COC(=O)CN1C(=O)CN=C(c2ccccc2Cl)c2cc(C(F)(F)F)ccc21. The Morgan fingerprint density at radius 3 is 2.57 bits per heavy atom. The van der Waals surface area contributed by atoms with Gasteiger partial charge in [0, 0.05) is 16.1 Å². The van der Waals surface area contributed by atoms with E-state index >= 15 is 0 Å². The highest BCUT2D eigenvalue weighted by molar-refractivity contribution is 6.36. The van der Waals surface area contributed by atoms with Gasteiger partial charge in [0.2, 0.25) is 5.91 Å². The first-order valence-corrected chi connectivity index (χ1v) is 8.48. The number of carbonyl (C=O) groups excluding carboxylic acids is 2. The Bertz CT molecular complexity index is 973. The average molecular weight is 411 g/mol. The van der Waals surface area contributed by atoms with E-state index in [0.717, 1.165) is 30.2 Å². The quantitative estimate of drug-likeness (QED) is 0.725. The fraction of sp³-hybridized carbons (Fsp3) is 0.211. The molecule has 0 bridgehead atoms. The molecule has 0 aromatic heterocycles. The molecule has 0 N–H and O–H groups in total. The number of hydrogen-bond acceptors (Lipinski definition) is 4. The molecule has 146 valence electrons. The lowest BCUT2D eigenvalue weighted by atomic mass is 9.97. The van der Waals surface area contributed by atoms with Crippen molar-refractivity contribution in [3.8, 4) is 0 Å². The van der Waals surface area contributed by atoms with Crippen LogP contribution >= 0.6 is 11.6 Å². The molecule has 0 saturated heterocycles. The number of anilines is 1. The van der Waals surface area contributed by atoms with Crippen molar-refractivity contribution < 1.29 is 27.5 Å². The lowest BCUT2D eigenvalue weighted by molar-refractivity contribution is -0.140. The van der Waals surface area contributed by atoms with Crippen LogP contribution in [0.2, 0.25) is 5.02 Å². The zero-order valence-corrected chi connectivity index (χ0v) is 15.3. The van der Waals surface area contributed by atoms with Crippen LogP contribution in [0.4, 0.5) is 18.9 Å². The van der Waals surface area contributed by atoms with Crippen LogP contribution in [0.15, 0.2) is 47.5 Å². The van der Waals surface area contributed by atoms with Gasteiger partial charge in [-0.15, -0.1) is 0 Å². The number of benzodiazepines with no additional fused rings is 1. The third-order valence-corrected chi connectivity index (χ3v) is 4.52. The van der Waals surface area contributed by atoms with Crippen LogP contribution in [0, 0.1) is 0 Å². The number of esters is 1. The first-order valence-electron chi connectivity index (χ1n) is 8.10. The number of aliphatic imine (C=N–C) groups is 1. The van der Waals surface area contributed by atoms with E-state index in [1.807, 2.05) is 0 Å². The molecule has 28 heavy (non-hydrogen) atoms. The van der Waals surface area contributed by atoms with Crippen molar-refractivity contribution in [2.45, 2.75) is 6.18 Å². The van der Waals surface area contributed by atoms with Gasteiger partial charge in [-0.2, -0.15) is 13.2 Å². The maximum Gasteiger partial charge on any atom is 0.416 e. The second-order valence-electron chi connectivity index (χ2n) is 5.93. The van der Waals surface area contributed by atoms with E-state index < -0.39 is 30.2 Å². The first kappa shape index (κ1) is 19.9. The summed E-state index contributed by atoms with van der Waals surface area (Å²) in [7, 11) is 1.16. The summed E-state index contributed by atoms with van der Waals surface area (Å²) in [6.07, 6.45) is -4.59. The van der Waals surface area contributed by atoms with Gasteiger partial charge in [0.15, 0.2) is 0 Å². The normalized spacial score (nSPS) is 14.2. The third kappa shape index (κ3) is 3.87. The summed E-state index contributed by atoms with van der Waals surface area (Å²) >= 11 is 6.21. The summed E-state index contributed by atoms with van der Waals surface area (Å²) in [5.74, 6) is -1.26. The zero-order valence-electron chi connectivity index (χ0n) is 14.6. The van der Waals surface area contributed by atoms with Gasteiger partial charge < -0.3 is 4.74 Å². The molecule has 2 aromatic rings. The second-order valence-corrected chi connectivity index (χ2v) is 6.34. The zero-order chi connectivity index (χ0) is 20.5. The minimum atomic E-state index is -4.59. The minimum Gasteiger partial charge on any atom is -0.468 e. The number of fused-ring (bicyclic) bond motifs is 1. The average Bonchev–Trinajstić information content (AvgIpc) is 2.78. The number of carbonyl (C=O) groups is 2. The summed E-state index contributed by atoms with van der Waals surface area (Å²) < 4.78 is 44.5. The number of ether oxygens (including phenoxy) is 1. The minimum absolute atomic E-state index is 0.0534. The molecule has 5 nitrogen and oxygen atoms in total. The Kier molecular flexibility index (Phi) is 5.42. The highest BCUT2D eigenvalue weighted by atomic mass is 35.5. The van der Waals surface area contributed by atoms with Gasteiger partial charge >= 0.3 is 12.1 Å². The lowest BCUT2D eigenvalue weighted by Gasteiger charge is -2.23. The van der Waals surface area contributed by atoms with Crippen molar-refractivity contribution in [3.63, 3.8) is 0 Å². The molecule has 0 atom stereocenters. The number of nitrogens with zero attached hydrogens (tertiary/aromatic N) is 2. The van der Waals surface area contributed by atoms with Gasteiger partial charge in [0.25, 0.3) is 0 Å². The number of halogens is 4. The number of alkyl halides is 3. The fourth-order valence-corrected chi connectivity index (χ4v) is 3.06. The van der Waals surface area contributed by atoms with Crippen molar-refractivity contribution in [2.75, 3.05) is 25.1 Å². The van der Waals surface area contributed by atoms with E-state index in [4.69, 9.17) is 11.6 Å². The van der Waals surface area contributed by atoms with Gasteiger partial charge in [0.1, 0.15) is 13.1 Å². The molecule has 1 aliphatic heterocycles. The smallest absolute Gasteiger partial charge is 0.416 e. The molecule has 9 heteroatoms. The van der Waals surface area contributed by atoms with Crippen LogP contribution in [0.5, 0.6) is 0 Å². The monoisotopic (exact) mass is 410 g/mol. The van der Waals surface area contributed by atoms with Crippen LogP contribution in [-0.2, 0) is 20.5 Å². The fourth-order valence-electron chi connectivity index (χ4n) is 2.84. The standard InChI is InChI=1S/C19H14ClF3N2O3/c1-28-17(27)10-25-15-7-6-11(19(21,22)23)8-13(15)18(24-9-16(25)26)12-4-2-3-5-14(12)20/h2-8H,9-10H2,1H3. The number of amides is 1. The Labute approximate surface area is 163 Å². The second kappa shape index (κ2) is 7.63. The predicted molar refractivity (Wildman–Crippen MR) is 97.8 cm³/mol. The molecule has 1 amide bonds. The highest BCUT2D eigenvalue weighted by Gasteiger charge is 2.34. The molecule has 0 radical (unpaired) electrons. The molecule has 0 saturated carbocycles. The lowest BCUT2D eigenvalue weighted by Crippen LogP contribution is -2.37. The van der Waals surface area contributed by atoms with Crippen LogP contribution in [0.3, 0.4) is 0 Å². The first-order chi connectivity index (χ1) is 13.2. The highest BCUT2D eigenvalue weighted by Crippen LogP contribution is 2.36. The molecular weight excluding hydrogens is 397 g/mol. The maximum atomic E-state index is 13.3. The number of methoxy groups -OCH3 is 1. The van der Waals surface area contributed by atoms with Crippen molar-refractivity contribution >= 4 is 34.9 Å². The van der Waals surface area contributed by atoms with E-state index in [2.05, 4.69) is 9.73 Å². The topological polar surface area (TPSA) is 59.0 Å². The van der Waals surface area contributed by atoms with E-state index in [1.165, 1.54) is 0 Å². The van der Waals surface area contributed by atoms with Crippen LogP contribution < -0.4 is 4.90 Å². The van der Waals surface area contributed by atoms with Crippen LogP contribution in [0.1, 0.15) is 16.7 Å². The third-order valence-electron chi connectivity index (χ3n) is 4.19. The number of hydrogen-bond donors (Lipinski definition) is 0. The Hall–Kier alpha value is -2.87. The van der Waals surface area contributed by atoms with Crippen LogP contribution in [0.25, 0.3) is 0 Å². The van der Waals surface area contributed by atoms with Crippen molar-refractivity contribution in [1.82, 2.24) is 0 Å². The Morgan fingerprint density at radius 1 is 1.21 bits per heavy atom. The van der Waals surface area contributed by atoms with E-state index in [-0.39, 0.29) is 28.5 Å². The van der Waals surface area contributed by atoms with Gasteiger partial charge in [0.05, 0.1) is 24.1 Å². The van der Waals surface area contributed by atoms with E-state index in [0.29, 0.717) is 5.56 Å². The Balaban J connectivity index is 2.23. The molecular formula is C19H14ClF3N2O3. The van der Waals surface area contributed by atoms with Crippen LogP contribution in [-0.4, -0.2) is 37.8 Å². The largest absolute Gasteiger partial charge is 0.468 e. The van der Waals surface area contributed by atoms with Crippen molar-refractivity contribution in [2.24, 2.45) is 4.99 Å². The molecule has 0 aliphatic carbocycles. The van der Waals surface area contributed by atoms with Gasteiger partial charge in [-0.25, -0.2) is 0 Å². The summed E-state index contributed by atoms with van der Waals surface area (Å²) in [5.41, 5.74) is -0.194. The molecule has 0 unspecified atom stereocenters.